The van der Waals surface area contributed by atoms with Gasteiger partial charge in [0.15, 0.2) is 0 Å². The van der Waals surface area contributed by atoms with Crippen LogP contribution in [0.2, 0.25) is 0 Å². The zero-order chi connectivity index (χ0) is 25.7. The summed E-state index contributed by atoms with van der Waals surface area (Å²) in [6, 6.07) is 46.2. The van der Waals surface area contributed by atoms with Crippen LogP contribution in [0.1, 0.15) is 0 Å². The van der Waals surface area contributed by atoms with Gasteiger partial charge in [-0.05, 0) is 144 Å². The van der Waals surface area contributed by atoms with Crippen LogP contribution in [-0.2, 0) is 0 Å². The number of fused-ring (bicyclic) bond motifs is 9. The largest absolute Gasteiger partial charge is 0.0616 e. The molecule has 0 N–H and O–H groups in total. The Bertz CT molecular complexity index is 2850. The molecule has 0 heterocycles. The predicted molar refractivity (Wildman–Crippen MR) is 175 cm³/mol. The lowest BCUT2D eigenvalue weighted by Gasteiger charge is -2.11. The van der Waals surface area contributed by atoms with Gasteiger partial charge in [-0.15, -0.1) is 0 Å². The molecule has 0 atom stereocenters. The standard InChI is InChI=1S/C40H20/c1-2-8-27-23(5-1)15-35-33-19-26-20-34-32(18-25(26)17-31(33)29-10-4-9-28(27)39(29)35)30-14-13-22-12-11-21-6-3-7-24-16-36(34)40(30)38(22)37(21)24/h1-20H. The van der Waals surface area contributed by atoms with Crippen LogP contribution in [0.25, 0.3) is 108 Å². The zero-order valence-corrected chi connectivity index (χ0v) is 21.5. The fourth-order valence-electron chi connectivity index (χ4n) is 8.13. The minimum absolute atomic E-state index is 1.31. The maximum Gasteiger partial charge on any atom is -0.00137 e. The molecule has 0 aliphatic carbocycles. The third-order valence-electron chi connectivity index (χ3n) is 9.79. The van der Waals surface area contributed by atoms with E-state index in [1.54, 1.807) is 0 Å². The fourth-order valence-corrected chi connectivity index (χ4v) is 8.13. The highest BCUT2D eigenvalue weighted by Gasteiger charge is 2.19. The van der Waals surface area contributed by atoms with Crippen LogP contribution >= 0.6 is 0 Å². The van der Waals surface area contributed by atoms with E-state index >= 15 is 0 Å². The highest BCUT2D eigenvalue weighted by Crippen LogP contribution is 2.48. The molecule has 0 heteroatoms. The van der Waals surface area contributed by atoms with Crippen LogP contribution in [0, 0.1) is 0 Å². The first-order valence-corrected chi connectivity index (χ1v) is 14.1. The predicted octanol–water partition coefficient (Wildman–Crippen LogP) is 11.5. The number of benzene rings is 9. The van der Waals surface area contributed by atoms with Gasteiger partial charge in [-0.25, -0.2) is 0 Å². The molecule has 11 aromatic rings. The lowest BCUT2D eigenvalue weighted by atomic mass is 9.92. The van der Waals surface area contributed by atoms with Gasteiger partial charge in [-0.2, -0.15) is 0 Å². The van der Waals surface area contributed by atoms with Crippen molar-refractivity contribution >= 4 is 108 Å². The lowest BCUT2D eigenvalue weighted by Crippen LogP contribution is -1.83. The van der Waals surface area contributed by atoms with Gasteiger partial charge >= 0.3 is 0 Å². The summed E-state index contributed by atoms with van der Waals surface area (Å²) in [5.74, 6) is 0. The Morgan fingerprint density at radius 3 is 1.48 bits per heavy atom. The minimum atomic E-state index is 1.31. The third-order valence-corrected chi connectivity index (χ3v) is 9.79. The molecule has 0 unspecified atom stereocenters. The molecule has 0 amide bonds. The maximum absolute atomic E-state index is 2.46. The monoisotopic (exact) mass is 500 g/mol. The van der Waals surface area contributed by atoms with Crippen molar-refractivity contribution in [1.82, 2.24) is 0 Å². The smallest absolute Gasteiger partial charge is 0.00137 e. The molecule has 0 aliphatic heterocycles. The first-order valence-electron chi connectivity index (χ1n) is 14.1. The molecule has 40 heavy (non-hydrogen) atoms. The van der Waals surface area contributed by atoms with Gasteiger partial charge in [0.1, 0.15) is 0 Å². The van der Waals surface area contributed by atoms with Crippen molar-refractivity contribution in [1.29, 1.82) is 0 Å². The average Bonchev–Trinajstić information content (AvgIpc) is 3.48. The van der Waals surface area contributed by atoms with Crippen LogP contribution in [0.15, 0.2) is 121 Å². The molecule has 0 spiro atoms. The normalized spacial score (nSPS) is 13.0. The Morgan fingerprint density at radius 1 is 0.200 bits per heavy atom. The van der Waals surface area contributed by atoms with Crippen molar-refractivity contribution in [3.63, 3.8) is 0 Å². The van der Waals surface area contributed by atoms with Crippen LogP contribution in [0.5, 0.6) is 0 Å². The SMILES string of the molecule is c1ccc2c(c1)cc1c3cc4cc5c(cc4cc3c3cccc2c31)c1ccc2ccc3cccc4cc5c1c2c34. The first-order chi connectivity index (χ1) is 19.8. The van der Waals surface area contributed by atoms with E-state index in [0.717, 1.165) is 0 Å². The van der Waals surface area contributed by atoms with Crippen LogP contribution in [0.3, 0.4) is 0 Å². The van der Waals surface area contributed by atoms with E-state index in [9.17, 15) is 0 Å². The van der Waals surface area contributed by atoms with Crippen molar-refractivity contribution < 1.29 is 0 Å². The van der Waals surface area contributed by atoms with E-state index in [0.29, 0.717) is 0 Å². The van der Waals surface area contributed by atoms with Gasteiger partial charge in [0.05, 0.1) is 0 Å². The molecule has 0 aromatic heterocycles. The lowest BCUT2D eigenvalue weighted by molar-refractivity contribution is 1.82. The summed E-state index contributed by atoms with van der Waals surface area (Å²) in [5, 5.41) is 27.1. The topological polar surface area (TPSA) is 0 Å². The van der Waals surface area contributed by atoms with E-state index < -0.39 is 0 Å². The Hall–Kier alpha value is -5.20. The quantitative estimate of drug-likeness (QED) is 0.182. The molecule has 0 fully saturated rings. The Labute approximate surface area is 228 Å². The molecule has 0 saturated carbocycles. The summed E-state index contributed by atoms with van der Waals surface area (Å²) >= 11 is 0. The van der Waals surface area contributed by atoms with Gasteiger partial charge in [0.25, 0.3) is 0 Å². The highest BCUT2D eigenvalue weighted by molar-refractivity contribution is 6.41. The van der Waals surface area contributed by atoms with Gasteiger partial charge in [0.2, 0.25) is 0 Å². The van der Waals surface area contributed by atoms with Gasteiger partial charge in [-0.3, -0.25) is 0 Å². The van der Waals surface area contributed by atoms with Crippen LogP contribution in [-0.4, -0.2) is 0 Å². The molecule has 0 radical (unpaired) electrons. The van der Waals surface area contributed by atoms with E-state index in [2.05, 4.69) is 121 Å². The van der Waals surface area contributed by atoms with Crippen molar-refractivity contribution in [2.24, 2.45) is 0 Å². The summed E-state index contributed by atoms with van der Waals surface area (Å²) in [7, 11) is 0. The molecule has 0 bridgehead atoms. The fraction of sp³-hybridized carbons (Fsp3) is 0. The highest BCUT2D eigenvalue weighted by atomic mass is 14.2. The van der Waals surface area contributed by atoms with Crippen LogP contribution in [0.4, 0.5) is 0 Å². The second-order valence-corrected chi connectivity index (χ2v) is 11.7. The van der Waals surface area contributed by atoms with E-state index in [1.165, 1.54) is 108 Å². The first kappa shape index (κ1) is 19.8. The van der Waals surface area contributed by atoms with E-state index in [1.807, 2.05) is 0 Å². The summed E-state index contributed by atoms with van der Waals surface area (Å²) in [5.41, 5.74) is 0. The number of hydrogen-bond acceptors (Lipinski definition) is 0. The molecule has 11 aromatic carbocycles. The van der Waals surface area contributed by atoms with Crippen molar-refractivity contribution in [2.45, 2.75) is 0 Å². The summed E-state index contributed by atoms with van der Waals surface area (Å²) in [4.78, 5) is 0. The van der Waals surface area contributed by atoms with Crippen molar-refractivity contribution in [3.8, 4) is 0 Å². The Morgan fingerprint density at radius 2 is 0.675 bits per heavy atom. The molecular weight excluding hydrogens is 480 g/mol. The van der Waals surface area contributed by atoms with Crippen molar-refractivity contribution in [3.05, 3.63) is 121 Å². The van der Waals surface area contributed by atoms with Crippen LogP contribution < -0.4 is 0 Å². The third kappa shape index (κ3) is 2.16. The molecule has 0 saturated heterocycles. The molecule has 11 rings (SSSR count). The summed E-state index contributed by atoms with van der Waals surface area (Å²) in [6.07, 6.45) is 0. The second-order valence-electron chi connectivity index (χ2n) is 11.7. The molecule has 180 valence electrons. The van der Waals surface area contributed by atoms with Gasteiger partial charge in [0, 0.05) is 0 Å². The molecular formula is C40H20. The summed E-state index contributed by atoms with van der Waals surface area (Å²) in [6.45, 7) is 0. The molecule has 0 nitrogen and oxygen atoms in total. The maximum atomic E-state index is 2.46. The second kappa shape index (κ2) is 6.50. The van der Waals surface area contributed by atoms with Gasteiger partial charge < -0.3 is 0 Å². The average molecular weight is 501 g/mol. The van der Waals surface area contributed by atoms with E-state index in [-0.39, 0.29) is 0 Å². The van der Waals surface area contributed by atoms with Crippen molar-refractivity contribution in [2.75, 3.05) is 0 Å². The Balaban J connectivity index is 1.35. The number of rotatable bonds is 0. The minimum Gasteiger partial charge on any atom is -0.0616 e. The van der Waals surface area contributed by atoms with E-state index in [4.69, 9.17) is 0 Å². The Kier molecular flexibility index (Phi) is 3.22. The van der Waals surface area contributed by atoms with Gasteiger partial charge in [-0.1, -0.05) is 84.9 Å². The number of hydrogen-bond donors (Lipinski definition) is 0. The zero-order valence-electron chi connectivity index (χ0n) is 21.5. The molecule has 0 aliphatic rings. The summed E-state index contributed by atoms with van der Waals surface area (Å²) < 4.78 is 0.